The molecule has 0 bridgehead atoms. The van der Waals surface area contributed by atoms with Crippen molar-refractivity contribution in [3.8, 4) is 5.75 Å². The lowest BCUT2D eigenvalue weighted by molar-refractivity contribution is -0.385. The van der Waals surface area contributed by atoms with Crippen LogP contribution >= 0.6 is 0 Å². The first-order valence-electron chi connectivity index (χ1n) is 7.87. The fraction of sp³-hybridized carbons (Fsp3) is 0.278. The van der Waals surface area contributed by atoms with E-state index in [1.807, 2.05) is 30.3 Å². The lowest BCUT2D eigenvalue weighted by Crippen LogP contribution is -2.34. The first-order chi connectivity index (χ1) is 12.0. The van der Waals surface area contributed by atoms with Crippen LogP contribution in [0.1, 0.15) is 18.1 Å². The van der Waals surface area contributed by atoms with E-state index in [1.165, 1.54) is 12.1 Å². The summed E-state index contributed by atoms with van der Waals surface area (Å²) in [5, 5.41) is 11.2. The van der Waals surface area contributed by atoms with E-state index in [9.17, 15) is 14.9 Å². The van der Waals surface area contributed by atoms with Crippen LogP contribution in [0.4, 0.5) is 5.69 Å². The lowest BCUT2D eigenvalue weighted by Gasteiger charge is -2.12. The largest absolute Gasteiger partial charge is 0.489 e. The van der Waals surface area contributed by atoms with Gasteiger partial charge in [0.2, 0.25) is 0 Å². The summed E-state index contributed by atoms with van der Waals surface area (Å²) in [6, 6.07) is 13.0. The van der Waals surface area contributed by atoms with Crippen molar-refractivity contribution in [3.05, 3.63) is 69.8 Å². The zero-order chi connectivity index (χ0) is 18.2. The van der Waals surface area contributed by atoms with Crippen LogP contribution in [-0.4, -0.2) is 23.5 Å². The van der Waals surface area contributed by atoms with Gasteiger partial charge in [0.05, 0.1) is 11.5 Å². The molecule has 1 unspecified atom stereocenters. The minimum atomic E-state index is -0.969. The van der Waals surface area contributed by atoms with Crippen LogP contribution in [0.15, 0.2) is 48.5 Å². The second kappa shape index (κ2) is 8.79. The third-order valence-electron chi connectivity index (χ3n) is 3.53. The summed E-state index contributed by atoms with van der Waals surface area (Å²) >= 11 is 0. The van der Waals surface area contributed by atoms with E-state index in [1.54, 1.807) is 13.0 Å². The van der Waals surface area contributed by atoms with Gasteiger partial charge in [-0.05, 0) is 24.6 Å². The van der Waals surface area contributed by atoms with Crippen molar-refractivity contribution in [1.29, 1.82) is 0 Å². The second-order valence-corrected chi connectivity index (χ2v) is 5.38. The summed E-state index contributed by atoms with van der Waals surface area (Å²) in [5.41, 5.74) is 6.98. The van der Waals surface area contributed by atoms with E-state index in [2.05, 4.69) is 0 Å². The van der Waals surface area contributed by atoms with Crippen LogP contribution < -0.4 is 10.5 Å². The molecule has 132 valence electrons. The number of hydrogen-bond acceptors (Lipinski definition) is 6. The minimum absolute atomic E-state index is 0.00230. The van der Waals surface area contributed by atoms with Gasteiger partial charge in [-0.25, -0.2) is 0 Å². The van der Waals surface area contributed by atoms with Crippen LogP contribution in [0.25, 0.3) is 0 Å². The van der Waals surface area contributed by atoms with Crippen molar-refractivity contribution in [3.63, 3.8) is 0 Å². The molecule has 0 heterocycles. The van der Waals surface area contributed by atoms with Crippen LogP contribution in [0.3, 0.4) is 0 Å². The molecule has 0 aliphatic rings. The van der Waals surface area contributed by atoms with E-state index in [4.69, 9.17) is 15.2 Å². The molecule has 0 fully saturated rings. The Morgan fingerprint density at radius 1 is 1.24 bits per heavy atom. The molecule has 2 N–H and O–H groups in total. The highest BCUT2D eigenvalue weighted by Gasteiger charge is 2.22. The molecule has 0 amide bonds. The molecule has 7 heteroatoms. The summed E-state index contributed by atoms with van der Waals surface area (Å²) in [7, 11) is 0. The average molecular weight is 344 g/mol. The molecular formula is C18H20N2O5. The number of nitrogens with two attached hydrogens (primary N) is 1. The molecule has 0 aliphatic heterocycles. The Labute approximate surface area is 145 Å². The first-order valence-corrected chi connectivity index (χ1v) is 7.87. The maximum atomic E-state index is 11.7. The summed E-state index contributed by atoms with van der Waals surface area (Å²) in [5.74, 6) is -0.118. The highest BCUT2D eigenvalue weighted by atomic mass is 16.6. The van der Waals surface area contributed by atoms with Gasteiger partial charge in [-0.15, -0.1) is 0 Å². The number of carbonyl (C=O) groups excluding carboxylic acids is 1. The normalized spacial score (nSPS) is 11.6. The molecule has 7 nitrogen and oxygen atoms in total. The van der Waals surface area contributed by atoms with Gasteiger partial charge in [-0.1, -0.05) is 30.3 Å². The molecule has 2 rings (SSSR count). The predicted octanol–water partition coefficient (Wildman–Crippen LogP) is 2.61. The van der Waals surface area contributed by atoms with E-state index >= 15 is 0 Å². The number of ether oxygens (including phenoxy) is 2. The Morgan fingerprint density at radius 3 is 2.60 bits per heavy atom. The molecule has 2 aromatic carbocycles. The molecular weight excluding hydrogens is 324 g/mol. The first kappa shape index (κ1) is 18.4. The third-order valence-corrected chi connectivity index (χ3v) is 3.53. The standard InChI is InChI=1S/C18H20N2O5/c1-2-24-18(21)16(19)11-14-10-15(8-9-17(14)20(22)23)25-12-13-6-4-3-5-7-13/h3-10,16H,2,11-12,19H2,1H3. The molecule has 0 aliphatic carbocycles. The Morgan fingerprint density at radius 2 is 1.96 bits per heavy atom. The summed E-state index contributed by atoms with van der Waals surface area (Å²) in [4.78, 5) is 22.4. The smallest absolute Gasteiger partial charge is 0.323 e. The van der Waals surface area contributed by atoms with Crippen molar-refractivity contribution in [2.24, 2.45) is 5.73 Å². The SMILES string of the molecule is CCOC(=O)C(N)Cc1cc(OCc2ccccc2)ccc1[N+](=O)[O-]. The van der Waals surface area contributed by atoms with Crippen LogP contribution in [0, 0.1) is 10.1 Å². The van der Waals surface area contributed by atoms with Gasteiger partial charge in [0.15, 0.2) is 0 Å². The molecule has 0 saturated carbocycles. The molecule has 0 radical (unpaired) electrons. The molecule has 1 atom stereocenters. The van der Waals surface area contributed by atoms with E-state index < -0.39 is 16.9 Å². The number of benzene rings is 2. The van der Waals surface area contributed by atoms with E-state index in [0.29, 0.717) is 17.9 Å². The van der Waals surface area contributed by atoms with Crippen molar-refractivity contribution in [2.45, 2.75) is 26.0 Å². The highest BCUT2D eigenvalue weighted by Crippen LogP contribution is 2.26. The number of nitro benzene ring substituents is 1. The lowest BCUT2D eigenvalue weighted by atomic mass is 10.0. The van der Waals surface area contributed by atoms with Crippen molar-refractivity contribution < 1.29 is 19.2 Å². The number of hydrogen-bond donors (Lipinski definition) is 1. The van der Waals surface area contributed by atoms with Gasteiger partial charge in [0, 0.05) is 18.1 Å². The second-order valence-electron chi connectivity index (χ2n) is 5.38. The number of rotatable bonds is 8. The predicted molar refractivity (Wildman–Crippen MR) is 92.2 cm³/mol. The van der Waals surface area contributed by atoms with Gasteiger partial charge in [0.25, 0.3) is 5.69 Å². The van der Waals surface area contributed by atoms with Crippen molar-refractivity contribution in [1.82, 2.24) is 0 Å². The summed E-state index contributed by atoms with van der Waals surface area (Å²) < 4.78 is 10.5. The molecule has 2 aromatic rings. The minimum Gasteiger partial charge on any atom is -0.489 e. The zero-order valence-corrected chi connectivity index (χ0v) is 13.9. The zero-order valence-electron chi connectivity index (χ0n) is 13.9. The number of carbonyl (C=O) groups is 1. The molecule has 0 aromatic heterocycles. The molecule has 0 spiro atoms. The average Bonchev–Trinajstić information content (AvgIpc) is 2.61. The van der Waals surface area contributed by atoms with Gasteiger partial charge >= 0.3 is 5.97 Å². The third kappa shape index (κ3) is 5.29. The van der Waals surface area contributed by atoms with E-state index in [0.717, 1.165) is 5.56 Å². The van der Waals surface area contributed by atoms with Crippen molar-refractivity contribution in [2.75, 3.05) is 6.61 Å². The van der Waals surface area contributed by atoms with Gasteiger partial charge in [-0.3, -0.25) is 14.9 Å². The fourth-order valence-corrected chi connectivity index (χ4v) is 2.30. The number of nitrogens with zero attached hydrogens (tertiary/aromatic N) is 1. The van der Waals surface area contributed by atoms with Gasteiger partial charge < -0.3 is 15.2 Å². The quantitative estimate of drug-likeness (QED) is 0.448. The van der Waals surface area contributed by atoms with Gasteiger partial charge in [-0.2, -0.15) is 0 Å². The Hall–Kier alpha value is -2.93. The Balaban J connectivity index is 2.15. The van der Waals surface area contributed by atoms with Crippen LogP contribution in [0.2, 0.25) is 0 Å². The monoisotopic (exact) mass is 344 g/mol. The molecule has 25 heavy (non-hydrogen) atoms. The summed E-state index contributed by atoms with van der Waals surface area (Å²) in [6.07, 6.45) is -0.00230. The van der Waals surface area contributed by atoms with E-state index in [-0.39, 0.29) is 18.7 Å². The Kier molecular flexibility index (Phi) is 6.47. The fourth-order valence-electron chi connectivity index (χ4n) is 2.30. The maximum absolute atomic E-state index is 11.7. The highest BCUT2D eigenvalue weighted by molar-refractivity contribution is 5.76. The van der Waals surface area contributed by atoms with Crippen LogP contribution in [-0.2, 0) is 22.6 Å². The van der Waals surface area contributed by atoms with Crippen LogP contribution in [0.5, 0.6) is 5.75 Å². The Bertz CT molecular complexity index is 734. The summed E-state index contributed by atoms with van der Waals surface area (Å²) in [6.45, 7) is 2.21. The topological polar surface area (TPSA) is 105 Å². The maximum Gasteiger partial charge on any atom is 0.323 e. The van der Waals surface area contributed by atoms with Gasteiger partial charge in [0.1, 0.15) is 18.4 Å². The van der Waals surface area contributed by atoms with Crippen molar-refractivity contribution >= 4 is 11.7 Å². The number of nitro groups is 1. The number of esters is 1. The molecule has 0 saturated heterocycles.